The van der Waals surface area contributed by atoms with Crippen molar-refractivity contribution in [2.24, 2.45) is 0 Å². The van der Waals surface area contributed by atoms with Gasteiger partial charge in [0, 0.05) is 31.2 Å². The highest BCUT2D eigenvalue weighted by molar-refractivity contribution is 6.42. The molecule has 1 N–H and O–H groups in total. The molecule has 1 aromatic carbocycles. The van der Waals surface area contributed by atoms with Crippen LogP contribution < -0.4 is 5.32 Å². The van der Waals surface area contributed by atoms with E-state index < -0.39 is 0 Å². The molecule has 0 amide bonds. The molecular weight excluding hydrogens is 279 g/mol. The van der Waals surface area contributed by atoms with Crippen LogP contribution in [0.5, 0.6) is 0 Å². The van der Waals surface area contributed by atoms with Gasteiger partial charge in [-0.2, -0.15) is 0 Å². The van der Waals surface area contributed by atoms with Gasteiger partial charge in [-0.05, 0) is 38.0 Å². The Balaban J connectivity index is 2.10. The van der Waals surface area contributed by atoms with Crippen LogP contribution >= 0.6 is 23.2 Å². The third-order valence-electron chi connectivity index (χ3n) is 4.15. The summed E-state index contributed by atoms with van der Waals surface area (Å²) in [5.41, 5.74) is 1.43. The summed E-state index contributed by atoms with van der Waals surface area (Å²) >= 11 is 12.1. The van der Waals surface area contributed by atoms with Crippen molar-refractivity contribution < 1.29 is 0 Å². The Kier molecular flexibility index (Phi) is 4.78. The Morgan fingerprint density at radius 1 is 1.37 bits per heavy atom. The van der Waals surface area contributed by atoms with E-state index in [-0.39, 0.29) is 5.54 Å². The standard InChI is InChI=1S/C15H22Cl2N2/c1-4-15(3)10-19(11(2)8-18-15)9-12-5-6-13(16)14(17)7-12/h5-7,11,18H,4,8-10H2,1-3H3. The average molecular weight is 301 g/mol. The van der Waals surface area contributed by atoms with Crippen molar-refractivity contribution in [2.45, 2.75) is 45.3 Å². The monoisotopic (exact) mass is 300 g/mol. The second-order valence-electron chi connectivity index (χ2n) is 5.80. The predicted molar refractivity (Wildman–Crippen MR) is 83.0 cm³/mol. The van der Waals surface area contributed by atoms with Gasteiger partial charge in [0.05, 0.1) is 10.0 Å². The van der Waals surface area contributed by atoms with E-state index in [0.717, 1.165) is 26.1 Å². The normalized spacial score (nSPS) is 28.6. The van der Waals surface area contributed by atoms with E-state index in [1.165, 1.54) is 5.56 Å². The lowest BCUT2D eigenvalue weighted by atomic mass is 9.93. The molecule has 1 heterocycles. The maximum atomic E-state index is 6.09. The molecule has 0 aromatic heterocycles. The third kappa shape index (κ3) is 3.63. The van der Waals surface area contributed by atoms with Gasteiger partial charge in [0.2, 0.25) is 0 Å². The molecule has 0 bridgehead atoms. The van der Waals surface area contributed by atoms with E-state index in [1.807, 2.05) is 12.1 Å². The first-order valence-electron chi connectivity index (χ1n) is 6.86. The Bertz CT molecular complexity index is 450. The van der Waals surface area contributed by atoms with Crippen LogP contribution in [-0.2, 0) is 6.54 Å². The number of benzene rings is 1. The van der Waals surface area contributed by atoms with Gasteiger partial charge in [0.25, 0.3) is 0 Å². The fraction of sp³-hybridized carbons (Fsp3) is 0.600. The van der Waals surface area contributed by atoms with Gasteiger partial charge in [-0.3, -0.25) is 4.90 Å². The summed E-state index contributed by atoms with van der Waals surface area (Å²) in [6.45, 7) is 9.81. The van der Waals surface area contributed by atoms with Crippen molar-refractivity contribution in [3.05, 3.63) is 33.8 Å². The van der Waals surface area contributed by atoms with Crippen molar-refractivity contribution in [1.82, 2.24) is 10.2 Å². The molecule has 2 rings (SSSR count). The minimum absolute atomic E-state index is 0.211. The fourth-order valence-corrected chi connectivity index (χ4v) is 2.82. The van der Waals surface area contributed by atoms with E-state index in [4.69, 9.17) is 23.2 Å². The quantitative estimate of drug-likeness (QED) is 0.909. The summed E-state index contributed by atoms with van der Waals surface area (Å²) in [6, 6.07) is 6.45. The molecule has 2 unspecified atom stereocenters. The second kappa shape index (κ2) is 6.01. The Morgan fingerprint density at radius 3 is 2.74 bits per heavy atom. The highest BCUT2D eigenvalue weighted by Gasteiger charge is 2.32. The zero-order valence-corrected chi connectivity index (χ0v) is 13.4. The topological polar surface area (TPSA) is 15.3 Å². The second-order valence-corrected chi connectivity index (χ2v) is 6.61. The summed E-state index contributed by atoms with van der Waals surface area (Å²) in [7, 11) is 0. The third-order valence-corrected chi connectivity index (χ3v) is 4.89. The zero-order valence-electron chi connectivity index (χ0n) is 11.8. The van der Waals surface area contributed by atoms with Crippen LogP contribution in [0.2, 0.25) is 10.0 Å². The molecule has 1 aromatic rings. The lowest BCUT2D eigenvalue weighted by Crippen LogP contribution is -2.61. The van der Waals surface area contributed by atoms with Crippen molar-refractivity contribution in [1.29, 1.82) is 0 Å². The van der Waals surface area contributed by atoms with E-state index in [0.29, 0.717) is 16.1 Å². The zero-order chi connectivity index (χ0) is 14.0. The molecule has 4 heteroatoms. The lowest BCUT2D eigenvalue weighted by Gasteiger charge is -2.45. The number of rotatable bonds is 3. The number of piperazine rings is 1. The summed E-state index contributed by atoms with van der Waals surface area (Å²) in [6.07, 6.45) is 1.14. The maximum Gasteiger partial charge on any atom is 0.0595 e. The highest BCUT2D eigenvalue weighted by Crippen LogP contribution is 2.25. The van der Waals surface area contributed by atoms with Gasteiger partial charge < -0.3 is 5.32 Å². The summed E-state index contributed by atoms with van der Waals surface area (Å²) in [5.74, 6) is 0. The number of hydrogen-bond donors (Lipinski definition) is 1. The van der Waals surface area contributed by atoms with Crippen LogP contribution in [0, 0.1) is 0 Å². The average Bonchev–Trinajstić information content (AvgIpc) is 2.39. The van der Waals surface area contributed by atoms with Crippen LogP contribution in [-0.4, -0.2) is 29.6 Å². The first-order chi connectivity index (χ1) is 8.93. The molecule has 106 valence electrons. The van der Waals surface area contributed by atoms with Gasteiger partial charge >= 0.3 is 0 Å². The van der Waals surface area contributed by atoms with Crippen LogP contribution in [0.1, 0.15) is 32.8 Å². The van der Waals surface area contributed by atoms with Gasteiger partial charge in [0.1, 0.15) is 0 Å². The molecule has 0 saturated carbocycles. The van der Waals surface area contributed by atoms with Gasteiger partial charge in [-0.25, -0.2) is 0 Å². The van der Waals surface area contributed by atoms with E-state index in [2.05, 4.69) is 37.1 Å². The lowest BCUT2D eigenvalue weighted by molar-refractivity contribution is 0.0866. The summed E-state index contributed by atoms with van der Waals surface area (Å²) in [5, 5.41) is 4.90. The van der Waals surface area contributed by atoms with Gasteiger partial charge in [0.15, 0.2) is 0 Å². The van der Waals surface area contributed by atoms with Gasteiger partial charge in [-0.15, -0.1) is 0 Å². The number of nitrogens with one attached hydrogen (secondary N) is 1. The van der Waals surface area contributed by atoms with Crippen LogP contribution in [0.3, 0.4) is 0 Å². The van der Waals surface area contributed by atoms with E-state index >= 15 is 0 Å². The molecule has 2 atom stereocenters. The largest absolute Gasteiger partial charge is 0.309 e. The molecule has 1 aliphatic rings. The van der Waals surface area contributed by atoms with Gasteiger partial charge in [-0.1, -0.05) is 36.2 Å². The Labute approximate surface area is 126 Å². The molecular formula is C15H22Cl2N2. The number of halogens is 2. The number of hydrogen-bond acceptors (Lipinski definition) is 2. The smallest absolute Gasteiger partial charge is 0.0595 e. The van der Waals surface area contributed by atoms with Crippen LogP contribution in [0.25, 0.3) is 0 Å². The first kappa shape index (κ1) is 15.1. The molecule has 0 aliphatic carbocycles. The molecule has 0 spiro atoms. The number of nitrogens with zero attached hydrogens (tertiary/aromatic N) is 1. The first-order valence-corrected chi connectivity index (χ1v) is 7.62. The minimum Gasteiger partial charge on any atom is -0.309 e. The molecule has 2 nitrogen and oxygen atoms in total. The maximum absolute atomic E-state index is 6.09. The predicted octanol–water partition coefficient (Wildman–Crippen LogP) is 3.96. The van der Waals surface area contributed by atoms with Crippen LogP contribution in [0.15, 0.2) is 18.2 Å². The molecule has 0 radical (unpaired) electrons. The molecule has 19 heavy (non-hydrogen) atoms. The Hall–Kier alpha value is -0.280. The minimum atomic E-state index is 0.211. The SMILES string of the molecule is CCC1(C)CN(Cc2ccc(Cl)c(Cl)c2)C(C)CN1. The summed E-state index contributed by atoms with van der Waals surface area (Å²) < 4.78 is 0. The van der Waals surface area contributed by atoms with E-state index in [9.17, 15) is 0 Å². The van der Waals surface area contributed by atoms with Crippen molar-refractivity contribution in [3.8, 4) is 0 Å². The van der Waals surface area contributed by atoms with Crippen molar-refractivity contribution >= 4 is 23.2 Å². The Morgan fingerprint density at radius 2 is 2.11 bits per heavy atom. The summed E-state index contributed by atoms with van der Waals surface area (Å²) in [4.78, 5) is 2.51. The van der Waals surface area contributed by atoms with E-state index in [1.54, 1.807) is 0 Å². The van der Waals surface area contributed by atoms with Crippen LogP contribution in [0.4, 0.5) is 0 Å². The van der Waals surface area contributed by atoms with Crippen molar-refractivity contribution in [3.63, 3.8) is 0 Å². The fourth-order valence-electron chi connectivity index (χ4n) is 2.50. The molecule has 1 fully saturated rings. The van der Waals surface area contributed by atoms with Crippen molar-refractivity contribution in [2.75, 3.05) is 13.1 Å². The molecule has 1 saturated heterocycles. The molecule has 1 aliphatic heterocycles. The highest BCUT2D eigenvalue weighted by atomic mass is 35.5.